The first-order valence-electron chi connectivity index (χ1n) is 5.58. The van der Waals surface area contributed by atoms with Gasteiger partial charge in [0.15, 0.2) is 6.10 Å². The molecule has 2 atom stereocenters. The summed E-state index contributed by atoms with van der Waals surface area (Å²) in [6.07, 6.45) is -1.68. The van der Waals surface area contributed by atoms with E-state index in [-0.39, 0.29) is 12.6 Å². The van der Waals surface area contributed by atoms with Crippen LogP contribution in [0.25, 0.3) is 0 Å². The van der Waals surface area contributed by atoms with Crippen LogP contribution in [0, 0.1) is 5.41 Å². The Kier molecular flexibility index (Phi) is 3.98. The number of hydrogen-bond acceptors (Lipinski definition) is 3. The topological polar surface area (TPSA) is 87.1 Å². The Bertz CT molecular complexity index is 309. The summed E-state index contributed by atoms with van der Waals surface area (Å²) < 4.78 is 5.51. The highest BCUT2D eigenvalue weighted by Crippen LogP contribution is 2.26. The molecule has 1 rings (SSSR count). The number of carboxylic acid groups (broad SMARTS) is 2. The Morgan fingerprint density at radius 2 is 1.94 bits per heavy atom. The summed E-state index contributed by atoms with van der Waals surface area (Å²) in [5.41, 5.74) is -0.511. The van der Waals surface area contributed by atoms with Gasteiger partial charge in [0, 0.05) is 6.54 Å². The van der Waals surface area contributed by atoms with Crippen LogP contribution in [-0.2, 0) is 9.53 Å². The summed E-state index contributed by atoms with van der Waals surface area (Å²) in [5.74, 6) is -1.01. The molecule has 2 unspecified atom stereocenters. The van der Waals surface area contributed by atoms with E-state index in [1.165, 1.54) is 4.90 Å². The van der Waals surface area contributed by atoms with Gasteiger partial charge in [-0.2, -0.15) is 0 Å². The molecule has 0 aromatic carbocycles. The van der Waals surface area contributed by atoms with Gasteiger partial charge in [0.05, 0.1) is 12.6 Å². The summed E-state index contributed by atoms with van der Waals surface area (Å²) in [4.78, 5) is 23.1. The van der Waals surface area contributed by atoms with Gasteiger partial charge in [-0.25, -0.2) is 9.59 Å². The molecule has 98 valence electrons. The minimum Gasteiger partial charge on any atom is -0.479 e. The molecule has 1 aliphatic heterocycles. The van der Waals surface area contributed by atoms with Crippen molar-refractivity contribution in [1.82, 2.24) is 4.90 Å². The molecule has 0 aromatic rings. The van der Waals surface area contributed by atoms with Crippen LogP contribution in [0.3, 0.4) is 0 Å². The Morgan fingerprint density at radius 1 is 1.35 bits per heavy atom. The van der Waals surface area contributed by atoms with Crippen LogP contribution < -0.4 is 0 Å². The maximum absolute atomic E-state index is 11.1. The standard InChI is InChI=1S/C11H19NO5/c1-11(2,3)8(9(13)14)17-7-4-5-12(6-7)10(15)16/h7-8H,4-6H2,1-3H3,(H,13,14)(H,15,16). The molecule has 6 heteroatoms. The van der Waals surface area contributed by atoms with Crippen LogP contribution in [-0.4, -0.2) is 52.5 Å². The minimum atomic E-state index is -1.01. The second-order valence-corrected chi connectivity index (χ2v) is 5.36. The molecule has 2 N–H and O–H groups in total. The number of nitrogens with zero attached hydrogens (tertiary/aromatic N) is 1. The van der Waals surface area contributed by atoms with Gasteiger partial charge in [-0.3, -0.25) is 0 Å². The number of carboxylic acids is 1. The Balaban J connectivity index is 2.59. The first-order chi connectivity index (χ1) is 7.71. The Labute approximate surface area is 100 Å². The molecule has 0 aliphatic carbocycles. The van der Waals surface area contributed by atoms with Gasteiger partial charge < -0.3 is 19.8 Å². The smallest absolute Gasteiger partial charge is 0.407 e. The summed E-state index contributed by atoms with van der Waals surface area (Å²) in [6.45, 7) is 6.01. The maximum atomic E-state index is 11.1. The number of likely N-dealkylation sites (tertiary alicyclic amines) is 1. The first kappa shape index (κ1) is 13.8. The van der Waals surface area contributed by atoms with Crippen molar-refractivity contribution >= 4 is 12.1 Å². The molecule has 1 fully saturated rings. The summed E-state index contributed by atoms with van der Waals surface area (Å²) in [6, 6.07) is 0. The number of amides is 1. The summed E-state index contributed by atoms with van der Waals surface area (Å²) in [7, 11) is 0. The second kappa shape index (κ2) is 4.91. The monoisotopic (exact) mass is 245 g/mol. The molecule has 0 bridgehead atoms. The van der Waals surface area contributed by atoms with Gasteiger partial charge in [-0.15, -0.1) is 0 Å². The van der Waals surface area contributed by atoms with Crippen LogP contribution in [0.1, 0.15) is 27.2 Å². The van der Waals surface area contributed by atoms with Crippen LogP contribution in [0.15, 0.2) is 0 Å². The summed E-state index contributed by atoms with van der Waals surface area (Å²) >= 11 is 0. The van der Waals surface area contributed by atoms with E-state index in [2.05, 4.69) is 0 Å². The van der Waals surface area contributed by atoms with E-state index in [9.17, 15) is 9.59 Å². The van der Waals surface area contributed by atoms with Gasteiger partial charge in [0.2, 0.25) is 0 Å². The van der Waals surface area contributed by atoms with Crippen molar-refractivity contribution < 1.29 is 24.5 Å². The molecule has 17 heavy (non-hydrogen) atoms. The molecule has 0 aromatic heterocycles. The normalized spacial score (nSPS) is 22.5. The average Bonchev–Trinajstić information content (AvgIpc) is 2.59. The maximum Gasteiger partial charge on any atom is 0.407 e. The molecule has 1 heterocycles. The Hall–Kier alpha value is -1.30. The molecule has 6 nitrogen and oxygen atoms in total. The van der Waals surface area contributed by atoms with Gasteiger partial charge >= 0.3 is 12.1 Å². The largest absolute Gasteiger partial charge is 0.479 e. The van der Waals surface area contributed by atoms with E-state index in [4.69, 9.17) is 14.9 Å². The van der Waals surface area contributed by atoms with Gasteiger partial charge in [0.25, 0.3) is 0 Å². The summed E-state index contributed by atoms with van der Waals surface area (Å²) in [5, 5.41) is 17.9. The minimum absolute atomic E-state index is 0.245. The van der Waals surface area contributed by atoms with Crippen LogP contribution in [0.4, 0.5) is 4.79 Å². The van der Waals surface area contributed by atoms with Crippen LogP contribution in [0.2, 0.25) is 0 Å². The molecule has 1 saturated heterocycles. The predicted molar refractivity (Wildman–Crippen MR) is 60.0 cm³/mol. The fourth-order valence-corrected chi connectivity index (χ4v) is 1.84. The predicted octanol–water partition coefficient (Wildman–Crippen LogP) is 1.25. The van der Waals surface area contributed by atoms with Crippen molar-refractivity contribution in [2.24, 2.45) is 5.41 Å². The molecule has 1 aliphatic rings. The van der Waals surface area contributed by atoms with E-state index in [1.54, 1.807) is 20.8 Å². The molecule has 0 saturated carbocycles. The lowest BCUT2D eigenvalue weighted by molar-refractivity contribution is -0.163. The quantitative estimate of drug-likeness (QED) is 0.781. The molecule has 1 amide bonds. The van der Waals surface area contributed by atoms with E-state index in [0.29, 0.717) is 13.0 Å². The first-order valence-corrected chi connectivity index (χ1v) is 5.58. The van der Waals surface area contributed by atoms with Crippen LogP contribution >= 0.6 is 0 Å². The van der Waals surface area contributed by atoms with E-state index in [0.717, 1.165) is 0 Å². The third kappa shape index (κ3) is 3.59. The lowest BCUT2D eigenvalue weighted by Crippen LogP contribution is -2.40. The van der Waals surface area contributed by atoms with E-state index >= 15 is 0 Å². The van der Waals surface area contributed by atoms with Gasteiger partial charge in [0.1, 0.15) is 0 Å². The van der Waals surface area contributed by atoms with Crippen molar-refractivity contribution in [3.05, 3.63) is 0 Å². The molecule has 0 spiro atoms. The van der Waals surface area contributed by atoms with Crippen LogP contribution in [0.5, 0.6) is 0 Å². The highest BCUT2D eigenvalue weighted by atomic mass is 16.5. The molecule has 0 radical (unpaired) electrons. The van der Waals surface area contributed by atoms with Crippen molar-refractivity contribution in [2.45, 2.75) is 39.4 Å². The highest BCUT2D eigenvalue weighted by Gasteiger charge is 2.37. The number of carbonyl (C=O) groups is 2. The van der Waals surface area contributed by atoms with Gasteiger partial charge in [-0.1, -0.05) is 20.8 Å². The van der Waals surface area contributed by atoms with Gasteiger partial charge in [-0.05, 0) is 11.8 Å². The van der Waals surface area contributed by atoms with Crippen molar-refractivity contribution in [3.8, 4) is 0 Å². The zero-order valence-electron chi connectivity index (χ0n) is 10.3. The fourth-order valence-electron chi connectivity index (χ4n) is 1.84. The lowest BCUT2D eigenvalue weighted by atomic mass is 9.89. The molecular formula is C11H19NO5. The highest BCUT2D eigenvalue weighted by molar-refractivity contribution is 5.73. The third-order valence-corrected chi connectivity index (χ3v) is 2.75. The lowest BCUT2D eigenvalue weighted by Gasteiger charge is -2.29. The van der Waals surface area contributed by atoms with Crippen molar-refractivity contribution in [1.29, 1.82) is 0 Å². The molecular weight excluding hydrogens is 226 g/mol. The third-order valence-electron chi connectivity index (χ3n) is 2.75. The Morgan fingerprint density at radius 3 is 2.29 bits per heavy atom. The zero-order valence-corrected chi connectivity index (χ0v) is 10.3. The van der Waals surface area contributed by atoms with E-state index < -0.39 is 23.6 Å². The fraction of sp³-hybridized carbons (Fsp3) is 0.818. The SMILES string of the molecule is CC(C)(C)C(OC1CCN(C(=O)O)C1)C(=O)O. The number of aliphatic carboxylic acids is 1. The number of rotatable bonds is 3. The number of hydrogen-bond donors (Lipinski definition) is 2. The van der Waals surface area contributed by atoms with Crippen molar-refractivity contribution in [2.75, 3.05) is 13.1 Å². The second-order valence-electron chi connectivity index (χ2n) is 5.36. The zero-order chi connectivity index (χ0) is 13.2. The van der Waals surface area contributed by atoms with Crippen molar-refractivity contribution in [3.63, 3.8) is 0 Å². The average molecular weight is 245 g/mol. The number of ether oxygens (including phenoxy) is 1. The van der Waals surface area contributed by atoms with E-state index in [1.807, 2.05) is 0 Å².